The van der Waals surface area contributed by atoms with Gasteiger partial charge in [0.1, 0.15) is 5.41 Å². The van der Waals surface area contributed by atoms with Crippen LogP contribution in [0.5, 0.6) is 0 Å². The molecule has 0 spiro atoms. The van der Waals surface area contributed by atoms with E-state index >= 15 is 0 Å². The summed E-state index contributed by atoms with van der Waals surface area (Å²) in [6.07, 6.45) is 2.85. The van der Waals surface area contributed by atoms with Crippen molar-refractivity contribution in [2.24, 2.45) is 5.41 Å². The average Bonchev–Trinajstić information content (AvgIpc) is 3.45. The number of nitrogens with one attached hydrogen (secondary N) is 2. The molecule has 1 saturated carbocycles. The minimum absolute atomic E-state index is 0.205. The van der Waals surface area contributed by atoms with Crippen molar-refractivity contribution in [1.82, 2.24) is 5.32 Å². The Morgan fingerprint density at radius 1 is 0.962 bits per heavy atom. The summed E-state index contributed by atoms with van der Waals surface area (Å²) in [7, 11) is 0. The Hall–Kier alpha value is -2.04. The minimum Gasteiger partial charge on any atom is -0.355 e. The molecule has 0 heterocycles. The number of amides is 2. The Labute approximate surface area is 162 Å². The number of carbonyl (C=O) groups is 2. The summed E-state index contributed by atoms with van der Waals surface area (Å²) < 4.78 is 0. The first-order valence-electron chi connectivity index (χ1n) is 8.60. The van der Waals surface area contributed by atoms with Gasteiger partial charge in [0.25, 0.3) is 0 Å². The smallest absolute Gasteiger partial charge is 0.240 e. The van der Waals surface area contributed by atoms with Crippen molar-refractivity contribution in [1.29, 1.82) is 0 Å². The van der Waals surface area contributed by atoms with Crippen molar-refractivity contribution < 1.29 is 9.59 Å². The van der Waals surface area contributed by atoms with Gasteiger partial charge in [0, 0.05) is 12.2 Å². The van der Waals surface area contributed by atoms with Crippen molar-refractivity contribution in [2.45, 2.75) is 25.7 Å². The quantitative estimate of drug-likeness (QED) is 0.541. The highest BCUT2D eigenvalue weighted by Gasteiger charge is 2.56. The Bertz CT molecular complexity index is 805. The van der Waals surface area contributed by atoms with Gasteiger partial charge in [0.2, 0.25) is 11.8 Å². The molecule has 136 valence electrons. The van der Waals surface area contributed by atoms with Crippen molar-refractivity contribution in [3.63, 3.8) is 0 Å². The Morgan fingerprint density at radius 3 is 2.35 bits per heavy atom. The summed E-state index contributed by atoms with van der Waals surface area (Å²) in [5, 5.41) is 6.44. The summed E-state index contributed by atoms with van der Waals surface area (Å²) in [5.41, 5.74) is 0.812. The van der Waals surface area contributed by atoms with Crippen LogP contribution in [-0.2, 0) is 16.0 Å². The Kier molecular flexibility index (Phi) is 5.84. The van der Waals surface area contributed by atoms with Gasteiger partial charge in [-0.3, -0.25) is 9.59 Å². The molecule has 0 saturated heterocycles. The van der Waals surface area contributed by atoms with E-state index in [4.69, 9.17) is 23.2 Å². The highest BCUT2D eigenvalue weighted by molar-refractivity contribution is 6.42. The summed E-state index contributed by atoms with van der Waals surface area (Å²) >= 11 is 11.8. The molecule has 0 atom stereocenters. The fourth-order valence-corrected chi connectivity index (χ4v) is 3.11. The predicted octanol–water partition coefficient (Wildman–Crippen LogP) is 4.46. The molecule has 1 aliphatic carbocycles. The van der Waals surface area contributed by atoms with Gasteiger partial charge < -0.3 is 10.6 Å². The molecule has 26 heavy (non-hydrogen) atoms. The van der Waals surface area contributed by atoms with Crippen LogP contribution in [0.3, 0.4) is 0 Å². The van der Waals surface area contributed by atoms with Crippen LogP contribution in [0.2, 0.25) is 10.0 Å². The molecule has 0 aliphatic heterocycles. The molecular formula is C20H20Cl2N2O2. The molecule has 2 aromatic rings. The van der Waals surface area contributed by atoms with E-state index in [9.17, 15) is 9.59 Å². The molecule has 2 N–H and O–H groups in total. The lowest BCUT2D eigenvalue weighted by molar-refractivity contribution is -0.134. The van der Waals surface area contributed by atoms with Gasteiger partial charge in [-0.05, 0) is 49.4 Å². The van der Waals surface area contributed by atoms with Gasteiger partial charge in [-0.25, -0.2) is 0 Å². The van der Waals surface area contributed by atoms with E-state index in [1.165, 1.54) is 5.56 Å². The molecule has 1 aliphatic rings. The van der Waals surface area contributed by atoms with Crippen molar-refractivity contribution in [2.75, 3.05) is 11.9 Å². The lowest BCUT2D eigenvalue weighted by Gasteiger charge is -2.15. The molecule has 0 bridgehead atoms. The second kappa shape index (κ2) is 8.11. The lowest BCUT2D eigenvalue weighted by Crippen LogP contribution is -2.40. The lowest BCUT2D eigenvalue weighted by atomic mass is 10.0. The maximum atomic E-state index is 12.5. The summed E-state index contributed by atoms with van der Waals surface area (Å²) in [5.74, 6) is -0.500. The molecule has 2 aromatic carbocycles. The van der Waals surface area contributed by atoms with Gasteiger partial charge in [-0.2, -0.15) is 0 Å². The Balaban J connectivity index is 1.50. The monoisotopic (exact) mass is 390 g/mol. The van der Waals surface area contributed by atoms with Crippen LogP contribution in [0.15, 0.2) is 48.5 Å². The third-order valence-electron chi connectivity index (χ3n) is 4.57. The van der Waals surface area contributed by atoms with Crippen LogP contribution in [0.1, 0.15) is 24.8 Å². The molecule has 2 amide bonds. The van der Waals surface area contributed by atoms with Crippen LogP contribution in [0.25, 0.3) is 0 Å². The van der Waals surface area contributed by atoms with E-state index in [1.54, 1.807) is 18.2 Å². The van der Waals surface area contributed by atoms with Crippen LogP contribution >= 0.6 is 23.2 Å². The van der Waals surface area contributed by atoms with E-state index < -0.39 is 5.41 Å². The highest BCUT2D eigenvalue weighted by atomic mass is 35.5. The predicted molar refractivity (Wildman–Crippen MR) is 105 cm³/mol. The standard InChI is InChI=1S/C20H20Cl2N2O2/c21-16-9-8-15(13-17(16)22)24-19(26)20(10-11-20)18(25)23-12-4-7-14-5-2-1-3-6-14/h1-3,5-6,8-9,13H,4,7,10-12H2,(H,23,25)(H,24,26). The van der Waals surface area contributed by atoms with E-state index in [0.29, 0.717) is 35.1 Å². The van der Waals surface area contributed by atoms with Crippen molar-refractivity contribution >= 4 is 40.7 Å². The second-order valence-corrected chi connectivity index (χ2v) is 7.32. The van der Waals surface area contributed by atoms with E-state index in [2.05, 4.69) is 22.8 Å². The zero-order chi connectivity index (χ0) is 18.6. The molecule has 1 fully saturated rings. The number of rotatable bonds is 7. The number of anilines is 1. The zero-order valence-electron chi connectivity index (χ0n) is 14.2. The summed E-state index contributed by atoms with van der Waals surface area (Å²) in [4.78, 5) is 25.0. The van der Waals surface area contributed by atoms with Crippen LogP contribution in [0, 0.1) is 5.41 Å². The highest BCUT2D eigenvalue weighted by Crippen LogP contribution is 2.47. The topological polar surface area (TPSA) is 58.2 Å². The first kappa shape index (κ1) is 18.7. The third kappa shape index (κ3) is 4.37. The van der Waals surface area contributed by atoms with Gasteiger partial charge in [-0.1, -0.05) is 53.5 Å². The first-order chi connectivity index (χ1) is 12.5. The summed E-state index contributed by atoms with van der Waals surface area (Å²) in [6, 6.07) is 15.0. The average molecular weight is 391 g/mol. The maximum Gasteiger partial charge on any atom is 0.240 e. The second-order valence-electron chi connectivity index (χ2n) is 6.51. The zero-order valence-corrected chi connectivity index (χ0v) is 15.7. The van der Waals surface area contributed by atoms with Crippen LogP contribution < -0.4 is 10.6 Å². The molecule has 0 radical (unpaired) electrons. The third-order valence-corrected chi connectivity index (χ3v) is 5.31. The number of hydrogen-bond acceptors (Lipinski definition) is 2. The molecule has 0 aromatic heterocycles. The molecule has 6 heteroatoms. The number of halogens is 2. The van der Waals surface area contributed by atoms with Gasteiger partial charge in [0.05, 0.1) is 10.0 Å². The Morgan fingerprint density at radius 2 is 1.69 bits per heavy atom. The fourth-order valence-electron chi connectivity index (χ4n) is 2.82. The molecular weight excluding hydrogens is 371 g/mol. The molecule has 4 nitrogen and oxygen atoms in total. The SMILES string of the molecule is O=C(NCCCc1ccccc1)C1(C(=O)Nc2ccc(Cl)c(Cl)c2)CC1. The number of carbonyl (C=O) groups excluding carboxylic acids is 2. The molecule has 3 rings (SSSR count). The summed E-state index contributed by atoms with van der Waals surface area (Å²) in [6.45, 7) is 0.551. The van der Waals surface area contributed by atoms with E-state index in [-0.39, 0.29) is 11.8 Å². The van der Waals surface area contributed by atoms with Crippen molar-refractivity contribution in [3.05, 3.63) is 64.1 Å². The van der Waals surface area contributed by atoms with Crippen LogP contribution in [0.4, 0.5) is 5.69 Å². The number of aryl methyl sites for hydroxylation is 1. The fraction of sp³-hybridized carbons (Fsp3) is 0.300. The number of hydrogen-bond donors (Lipinski definition) is 2. The molecule has 0 unspecified atom stereocenters. The van der Waals surface area contributed by atoms with Crippen molar-refractivity contribution in [3.8, 4) is 0 Å². The maximum absolute atomic E-state index is 12.5. The largest absolute Gasteiger partial charge is 0.355 e. The van der Waals surface area contributed by atoms with E-state index in [1.807, 2.05) is 18.2 Å². The first-order valence-corrected chi connectivity index (χ1v) is 9.36. The van der Waals surface area contributed by atoms with Gasteiger partial charge in [0.15, 0.2) is 0 Å². The van der Waals surface area contributed by atoms with Crippen LogP contribution in [-0.4, -0.2) is 18.4 Å². The normalized spacial score (nSPS) is 14.5. The van der Waals surface area contributed by atoms with Gasteiger partial charge in [-0.15, -0.1) is 0 Å². The van der Waals surface area contributed by atoms with Gasteiger partial charge >= 0.3 is 0 Å². The van der Waals surface area contributed by atoms with E-state index in [0.717, 1.165) is 12.8 Å². The number of benzene rings is 2. The minimum atomic E-state index is -0.959.